The van der Waals surface area contributed by atoms with E-state index in [1.165, 1.54) is 0 Å². The molecule has 0 spiro atoms. The first-order valence-electron chi connectivity index (χ1n) is 6.04. The van der Waals surface area contributed by atoms with Gasteiger partial charge < -0.3 is 5.32 Å². The van der Waals surface area contributed by atoms with Crippen molar-refractivity contribution in [1.29, 1.82) is 0 Å². The number of hydrogen-bond donors (Lipinski definition) is 1. The molecule has 1 aromatic heterocycles. The highest BCUT2D eigenvalue weighted by atomic mass is 32.1. The molecular formula is C14H16N2OS. The second-order valence-corrected chi connectivity index (χ2v) is 4.73. The lowest BCUT2D eigenvalue weighted by molar-refractivity contribution is 0.0988. The van der Waals surface area contributed by atoms with Crippen LogP contribution in [-0.2, 0) is 6.42 Å². The highest BCUT2D eigenvalue weighted by Gasteiger charge is 2.02. The summed E-state index contributed by atoms with van der Waals surface area (Å²) in [6, 6.07) is 7.64. The summed E-state index contributed by atoms with van der Waals surface area (Å²) >= 11 is 1.62. The van der Waals surface area contributed by atoms with E-state index < -0.39 is 0 Å². The fourth-order valence-corrected chi connectivity index (χ4v) is 2.27. The Balaban J connectivity index is 1.85. The topological polar surface area (TPSA) is 42.0 Å². The van der Waals surface area contributed by atoms with Gasteiger partial charge in [-0.3, -0.25) is 4.79 Å². The Morgan fingerprint density at radius 1 is 1.33 bits per heavy atom. The number of carbonyl (C=O) groups is 1. The number of aromatic nitrogens is 1. The van der Waals surface area contributed by atoms with Crippen molar-refractivity contribution in [3.63, 3.8) is 0 Å². The molecule has 2 rings (SSSR count). The van der Waals surface area contributed by atoms with E-state index in [2.05, 4.69) is 15.7 Å². The predicted octanol–water partition coefficient (Wildman–Crippen LogP) is 3.39. The molecule has 94 valence electrons. The second-order valence-electron chi connectivity index (χ2n) is 4.01. The first kappa shape index (κ1) is 12.8. The van der Waals surface area contributed by atoms with Gasteiger partial charge in [-0.05, 0) is 24.3 Å². The molecule has 0 aliphatic heterocycles. The molecule has 0 aliphatic carbocycles. The van der Waals surface area contributed by atoms with Crippen LogP contribution in [0.1, 0.15) is 29.4 Å². The average molecular weight is 260 g/mol. The van der Waals surface area contributed by atoms with Crippen LogP contribution in [0.2, 0.25) is 0 Å². The van der Waals surface area contributed by atoms with Gasteiger partial charge in [-0.15, -0.1) is 11.3 Å². The molecule has 0 radical (unpaired) electrons. The maximum Gasteiger partial charge on any atom is 0.162 e. The number of Topliss-reactive ketones (excluding diaryl/α,β-unsaturated/α-hetero) is 1. The second kappa shape index (κ2) is 6.31. The molecule has 0 unspecified atom stereocenters. The lowest BCUT2D eigenvalue weighted by atomic mass is 10.1. The Bertz CT molecular complexity index is 491. The van der Waals surface area contributed by atoms with Crippen molar-refractivity contribution < 1.29 is 4.79 Å². The Kier molecular flexibility index (Phi) is 4.47. The largest absolute Gasteiger partial charge is 0.385 e. The Labute approximate surface area is 111 Å². The van der Waals surface area contributed by atoms with E-state index >= 15 is 0 Å². The van der Waals surface area contributed by atoms with Gasteiger partial charge in [-0.1, -0.05) is 6.92 Å². The number of nitrogens with zero attached hydrogens (tertiary/aromatic N) is 1. The van der Waals surface area contributed by atoms with E-state index in [0.717, 1.165) is 29.9 Å². The predicted molar refractivity (Wildman–Crippen MR) is 75.4 cm³/mol. The third-order valence-corrected chi connectivity index (χ3v) is 3.36. The molecule has 1 N–H and O–H groups in total. The lowest BCUT2D eigenvalue weighted by Gasteiger charge is -2.06. The van der Waals surface area contributed by atoms with Gasteiger partial charge in [0.05, 0.1) is 11.2 Å². The van der Waals surface area contributed by atoms with Crippen molar-refractivity contribution >= 4 is 22.8 Å². The zero-order valence-corrected chi connectivity index (χ0v) is 11.2. The monoisotopic (exact) mass is 260 g/mol. The Morgan fingerprint density at radius 2 is 2.11 bits per heavy atom. The zero-order valence-electron chi connectivity index (χ0n) is 10.3. The van der Waals surface area contributed by atoms with Crippen LogP contribution in [0, 0.1) is 0 Å². The van der Waals surface area contributed by atoms with Crippen LogP contribution in [0.15, 0.2) is 35.2 Å². The molecule has 0 aliphatic rings. The normalized spacial score (nSPS) is 10.3. The SMILES string of the molecule is CCC(=O)c1ccc(NCCc2cscn2)cc1. The summed E-state index contributed by atoms with van der Waals surface area (Å²) < 4.78 is 0. The molecular weight excluding hydrogens is 244 g/mol. The molecule has 2 aromatic rings. The molecule has 4 heteroatoms. The van der Waals surface area contributed by atoms with Crippen LogP contribution >= 0.6 is 11.3 Å². The maximum atomic E-state index is 11.5. The van der Waals surface area contributed by atoms with Gasteiger partial charge >= 0.3 is 0 Å². The van der Waals surface area contributed by atoms with Gasteiger partial charge in [-0.25, -0.2) is 4.98 Å². The van der Waals surface area contributed by atoms with Crippen molar-refractivity contribution in [2.24, 2.45) is 0 Å². The summed E-state index contributed by atoms with van der Waals surface area (Å²) in [7, 11) is 0. The number of anilines is 1. The minimum Gasteiger partial charge on any atom is -0.385 e. The summed E-state index contributed by atoms with van der Waals surface area (Å²) in [6.07, 6.45) is 1.47. The number of thiazole rings is 1. The molecule has 0 amide bonds. The van der Waals surface area contributed by atoms with Gasteiger partial charge in [0.25, 0.3) is 0 Å². The number of carbonyl (C=O) groups excluding carboxylic acids is 1. The first-order valence-corrected chi connectivity index (χ1v) is 6.98. The molecule has 0 saturated carbocycles. The minimum absolute atomic E-state index is 0.184. The van der Waals surface area contributed by atoms with Crippen LogP contribution in [0.5, 0.6) is 0 Å². The quantitative estimate of drug-likeness (QED) is 0.809. The van der Waals surface area contributed by atoms with Gasteiger partial charge in [0.2, 0.25) is 0 Å². The van der Waals surface area contributed by atoms with Crippen LogP contribution < -0.4 is 5.32 Å². The molecule has 1 aromatic carbocycles. The Hall–Kier alpha value is -1.68. The van der Waals surface area contributed by atoms with E-state index in [1.807, 2.05) is 36.7 Å². The molecule has 18 heavy (non-hydrogen) atoms. The van der Waals surface area contributed by atoms with E-state index in [9.17, 15) is 4.79 Å². The number of benzene rings is 1. The first-order chi connectivity index (χ1) is 8.79. The number of ketones is 1. The van der Waals surface area contributed by atoms with Crippen molar-refractivity contribution in [2.45, 2.75) is 19.8 Å². The highest BCUT2D eigenvalue weighted by molar-refractivity contribution is 7.07. The molecule has 0 fully saturated rings. The van der Waals surface area contributed by atoms with Gasteiger partial charge in [-0.2, -0.15) is 0 Å². The summed E-state index contributed by atoms with van der Waals surface area (Å²) in [4.78, 5) is 15.7. The molecule has 0 atom stereocenters. The van der Waals surface area contributed by atoms with Crippen LogP contribution in [-0.4, -0.2) is 17.3 Å². The third kappa shape index (κ3) is 3.40. The number of nitrogens with one attached hydrogen (secondary N) is 1. The minimum atomic E-state index is 0.184. The molecule has 3 nitrogen and oxygen atoms in total. The van der Waals surface area contributed by atoms with Crippen LogP contribution in [0.25, 0.3) is 0 Å². The standard InChI is InChI=1S/C14H16N2OS/c1-2-14(17)11-3-5-12(6-4-11)15-8-7-13-9-18-10-16-13/h3-6,9-10,15H,2,7-8H2,1H3. The summed E-state index contributed by atoms with van der Waals surface area (Å²) in [6.45, 7) is 2.73. The summed E-state index contributed by atoms with van der Waals surface area (Å²) in [5.41, 5.74) is 4.78. The molecule has 0 bridgehead atoms. The van der Waals surface area contributed by atoms with Crippen molar-refractivity contribution in [1.82, 2.24) is 4.98 Å². The average Bonchev–Trinajstić information content (AvgIpc) is 2.92. The van der Waals surface area contributed by atoms with E-state index in [-0.39, 0.29) is 5.78 Å². The van der Waals surface area contributed by atoms with Crippen molar-refractivity contribution in [2.75, 3.05) is 11.9 Å². The van der Waals surface area contributed by atoms with E-state index in [1.54, 1.807) is 11.3 Å². The summed E-state index contributed by atoms with van der Waals surface area (Å²) in [5.74, 6) is 0.184. The number of hydrogen-bond acceptors (Lipinski definition) is 4. The Morgan fingerprint density at radius 3 is 2.72 bits per heavy atom. The van der Waals surface area contributed by atoms with Crippen molar-refractivity contribution in [3.8, 4) is 0 Å². The third-order valence-electron chi connectivity index (χ3n) is 2.72. The molecule has 1 heterocycles. The fourth-order valence-electron chi connectivity index (χ4n) is 1.67. The maximum absolute atomic E-state index is 11.5. The summed E-state index contributed by atoms with van der Waals surface area (Å²) in [5, 5.41) is 5.38. The van der Waals surface area contributed by atoms with Gasteiger partial charge in [0, 0.05) is 36.0 Å². The zero-order chi connectivity index (χ0) is 12.8. The van der Waals surface area contributed by atoms with Crippen LogP contribution in [0.3, 0.4) is 0 Å². The van der Waals surface area contributed by atoms with Gasteiger partial charge in [0.15, 0.2) is 5.78 Å². The van der Waals surface area contributed by atoms with Crippen LogP contribution in [0.4, 0.5) is 5.69 Å². The van der Waals surface area contributed by atoms with Gasteiger partial charge in [0.1, 0.15) is 0 Å². The smallest absolute Gasteiger partial charge is 0.162 e. The lowest BCUT2D eigenvalue weighted by Crippen LogP contribution is -2.05. The highest BCUT2D eigenvalue weighted by Crippen LogP contribution is 2.11. The fraction of sp³-hybridized carbons (Fsp3) is 0.286. The van der Waals surface area contributed by atoms with E-state index in [0.29, 0.717) is 6.42 Å². The van der Waals surface area contributed by atoms with Crippen molar-refractivity contribution in [3.05, 3.63) is 46.4 Å². The molecule has 0 saturated heterocycles. The number of rotatable bonds is 6. The van der Waals surface area contributed by atoms with E-state index in [4.69, 9.17) is 0 Å².